The zero-order chi connectivity index (χ0) is 18.7. The lowest BCUT2D eigenvalue weighted by Gasteiger charge is -2.23. The van der Waals surface area contributed by atoms with E-state index in [1.54, 1.807) is 44.5 Å². The molecule has 0 spiro atoms. The molecule has 1 aliphatic rings. The van der Waals surface area contributed by atoms with Crippen molar-refractivity contribution in [2.45, 2.75) is 26.4 Å². The smallest absolute Gasteiger partial charge is 0.423 e. The first kappa shape index (κ1) is 18.2. The normalized spacial score (nSPS) is 16.6. The van der Waals surface area contributed by atoms with Gasteiger partial charge < -0.3 is 4.74 Å². The highest BCUT2D eigenvalue weighted by atomic mass is 32.1. The van der Waals surface area contributed by atoms with Crippen molar-refractivity contribution in [3.8, 4) is 0 Å². The minimum absolute atomic E-state index is 0.187. The first-order valence-electron chi connectivity index (χ1n) is 7.80. The summed E-state index contributed by atoms with van der Waals surface area (Å²) in [6.07, 6.45) is 4.19. The van der Waals surface area contributed by atoms with Gasteiger partial charge in [-0.05, 0) is 61.4 Å². The van der Waals surface area contributed by atoms with Gasteiger partial charge in [-0.3, -0.25) is 4.79 Å². The highest BCUT2D eigenvalue weighted by Gasteiger charge is 2.37. The highest BCUT2D eigenvalue weighted by molar-refractivity contribution is 7.08. The maximum Gasteiger partial charge on any atom is 0.423 e. The van der Waals surface area contributed by atoms with E-state index in [-0.39, 0.29) is 11.5 Å². The van der Waals surface area contributed by atoms with Crippen molar-refractivity contribution in [1.82, 2.24) is 9.88 Å². The second-order valence-corrected chi connectivity index (χ2v) is 7.92. The third kappa shape index (κ3) is 4.33. The monoisotopic (exact) mass is 387 g/mol. The largest absolute Gasteiger partial charge is 0.443 e. The number of hydrogen-bond donors (Lipinski definition) is 0. The lowest BCUT2D eigenvalue weighted by molar-refractivity contribution is -0.122. The van der Waals surface area contributed by atoms with E-state index in [4.69, 9.17) is 4.74 Å². The Balaban J connectivity index is 1.93. The van der Waals surface area contributed by atoms with Gasteiger partial charge in [0.1, 0.15) is 17.1 Å². The van der Waals surface area contributed by atoms with Crippen LogP contribution in [0, 0.1) is 0 Å². The molecule has 0 atom stereocenters. The standard InChI is InChI=1S/C18H17N3O3S2/c1-18(2,3)24-17(23)21-15(5-4-13-10-26-11-19-13)20-14(16(21)22)8-12-6-7-25-9-12/h4-11H,1-3H3/b5-4+,14-8-. The molecule has 3 rings (SSSR count). The number of aromatic nitrogens is 1. The molecule has 0 saturated heterocycles. The van der Waals surface area contributed by atoms with Crippen molar-refractivity contribution in [2.75, 3.05) is 0 Å². The van der Waals surface area contributed by atoms with Gasteiger partial charge in [0.15, 0.2) is 0 Å². The number of aliphatic imine (C=N–C) groups is 1. The Morgan fingerprint density at radius 1 is 1.23 bits per heavy atom. The molecule has 0 radical (unpaired) electrons. The van der Waals surface area contributed by atoms with Gasteiger partial charge in [-0.25, -0.2) is 14.8 Å². The number of carbonyl (C=O) groups is 2. The van der Waals surface area contributed by atoms with Crippen LogP contribution in [0.3, 0.4) is 0 Å². The Morgan fingerprint density at radius 3 is 2.65 bits per heavy atom. The number of thiazole rings is 1. The number of rotatable bonds is 3. The molecule has 0 bridgehead atoms. The second-order valence-electron chi connectivity index (χ2n) is 6.42. The minimum atomic E-state index is -0.752. The van der Waals surface area contributed by atoms with Crippen molar-refractivity contribution in [2.24, 2.45) is 4.99 Å². The van der Waals surface area contributed by atoms with Crippen LogP contribution in [0.15, 0.2) is 44.5 Å². The van der Waals surface area contributed by atoms with Crippen molar-refractivity contribution in [3.63, 3.8) is 0 Å². The molecule has 6 nitrogen and oxygen atoms in total. The molecule has 0 N–H and O–H groups in total. The predicted molar refractivity (Wildman–Crippen MR) is 104 cm³/mol. The summed E-state index contributed by atoms with van der Waals surface area (Å²) in [5.74, 6) is -0.304. The number of carbonyl (C=O) groups excluding carboxylic acids is 2. The van der Waals surface area contributed by atoms with Crippen molar-refractivity contribution in [1.29, 1.82) is 0 Å². The molecule has 8 heteroatoms. The maximum absolute atomic E-state index is 12.7. The van der Waals surface area contributed by atoms with Gasteiger partial charge in [-0.1, -0.05) is 0 Å². The van der Waals surface area contributed by atoms with Crippen LogP contribution in [0.1, 0.15) is 32.0 Å². The average Bonchev–Trinajstić information content (AvgIpc) is 3.27. The van der Waals surface area contributed by atoms with E-state index in [1.165, 1.54) is 22.7 Å². The molecular weight excluding hydrogens is 370 g/mol. The predicted octanol–water partition coefficient (Wildman–Crippen LogP) is 4.43. The summed E-state index contributed by atoms with van der Waals surface area (Å²) in [6.45, 7) is 5.24. The van der Waals surface area contributed by atoms with Crippen LogP contribution in [0.5, 0.6) is 0 Å². The van der Waals surface area contributed by atoms with Gasteiger partial charge in [0.2, 0.25) is 0 Å². The molecule has 0 aliphatic carbocycles. The Hall–Kier alpha value is -2.58. The lowest BCUT2D eigenvalue weighted by atomic mass is 10.2. The fourth-order valence-electron chi connectivity index (χ4n) is 2.11. The maximum atomic E-state index is 12.7. The summed E-state index contributed by atoms with van der Waals surface area (Å²) in [7, 11) is 0. The second kappa shape index (κ2) is 7.35. The number of nitrogens with zero attached hydrogens (tertiary/aromatic N) is 3. The molecule has 26 heavy (non-hydrogen) atoms. The van der Waals surface area contributed by atoms with Crippen molar-refractivity contribution >= 4 is 52.7 Å². The molecule has 2 amide bonds. The van der Waals surface area contributed by atoms with Crippen LogP contribution < -0.4 is 0 Å². The Labute approximate surface area is 159 Å². The zero-order valence-corrected chi connectivity index (χ0v) is 16.1. The zero-order valence-electron chi connectivity index (χ0n) is 14.5. The van der Waals surface area contributed by atoms with E-state index in [0.717, 1.165) is 16.2 Å². The van der Waals surface area contributed by atoms with Gasteiger partial charge in [0.05, 0.1) is 11.2 Å². The van der Waals surface area contributed by atoms with Crippen molar-refractivity contribution in [3.05, 3.63) is 50.7 Å². The minimum Gasteiger partial charge on any atom is -0.443 e. The Morgan fingerprint density at radius 2 is 2.04 bits per heavy atom. The first-order chi connectivity index (χ1) is 12.3. The quantitative estimate of drug-likeness (QED) is 0.730. The Kier molecular flexibility index (Phi) is 5.15. The summed E-state index contributed by atoms with van der Waals surface area (Å²) in [5, 5.41) is 5.66. The molecule has 0 saturated carbocycles. The van der Waals surface area contributed by atoms with E-state index < -0.39 is 17.6 Å². The summed E-state index contributed by atoms with van der Waals surface area (Å²) >= 11 is 2.97. The van der Waals surface area contributed by atoms with Crippen LogP contribution in [0.25, 0.3) is 12.2 Å². The summed E-state index contributed by atoms with van der Waals surface area (Å²) < 4.78 is 5.36. The number of hydrogen-bond acceptors (Lipinski definition) is 7. The van der Waals surface area contributed by atoms with Crippen LogP contribution in [0.4, 0.5) is 4.79 Å². The van der Waals surface area contributed by atoms with Gasteiger partial charge in [-0.15, -0.1) is 11.3 Å². The summed E-state index contributed by atoms with van der Waals surface area (Å²) in [4.78, 5) is 34.7. The number of amides is 2. The molecular formula is C18H17N3O3S2. The van der Waals surface area contributed by atoms with E-state index in [9.17, 15) is 9.59 Å². The number of imide groups is 1. The molecule has 0 fully saturated rings. The third-order valence-electron chi connectivity index (χ3n) is 3.16. The van der Waals surface area contributed by atoms with Gasteiger partial charge in [-0.2, -0.15) is 16.2 Å². The first-order valence-corrected chi connectivity index (χ1v) is 9.68. The SMILES string of the molecule is CC(C)(C)OC(=O)N1C(=O)/C(=C/c2ccsc2)N=C1/C=C/c1cscn1. The van der Waals surface area contributed by atoms with E-state index >= 15 is 0 Å². The molecule has 2 aromatic heterocycles. The molecule has 2 aromatic rings. The number of thiophene rings is 1. The third-order valence-corrected chi connectivity index (χ3v) is 4.47. The topological polar surface area (TPSA) is 71.9 Å². The molecule has 0 aromatic carbocycles. The van der Waals surface area contributed by atoms with E-state index in [1.807, 2.05) is 22.2 Å². The van der Waals surface area contributed by atoms with Gasteiger partial charge >= 0.3 is 6.09 Å². The molecule has 134 valence electrons. The molecule has 0 unspecified atom stereocenters. The molecule has 3 heterocycles. The number of ether oxygens (including phenoxy) is 1. The fraction of sp³-hybridized carbons (Fsp3) is 0.222. The fourth-order valence-corrected chi connectivity index (χ4v) is 3.25. The highest BCUT2D eigenvalue weighted by Crippen LogP contribution is 2.23. The van der Waals surface area contributed by atoms with E-state index in [2.05, 4.69) is 9.98 Å². The van der Waals surface area contributed by atoms with Gasteiger partial charge in [0.25, 0.3) is 5.91 Å². The summed E-state index contributed by atoms with van der Waals surface area (Å²) in [6, 6.07) is 1.88. The lowest BCUT2D eigenvalue weighted by Crippen LogP contribution is -2.41. The van der Waals surface area contributed by atoms with Crippen LogP contribution in [0.2, 0.25) is 0 Å². The number of amidine groups is 1. The van der Waals surface area contributed by atoms with Crippen LogP contribution in [-0.2, 0) is 9.53 Å². The van der Waals surface area contributed by atoms with Crippen LogP contribution >= 0.6 is 22.7 Å². The average molecular weight is 387 g/mol. The van der Waals surface area contributed by atoms with Crippen molar-refractivity contribution < 1.29 is 14.3 Å². The van der Waals surface area contributed by atoms with Gasteiger partial charge in [0, 0.05) is 5.38 Å². The van der Waals surface area contributed by atoms with E-state index in [0.29, 0.717) is 0 Å². The molecule has 1 aliphatic heterocycles. The Bertz CT molecular complexity index is 889. The summed E-state index contributed by atoms with van der Waals surface area (Å²) in [5.41, 5.74) is 2.75. The van der Waals surface area contributed by atoms with Crippen LogP contribution in [-0.4, -0.2) is 33.3 Å².